The number of benzene rings is 4. The lowest BCUT2D eigenvalue weighted by atomic mass is 9.70. The van der Waals surface area contributed by atoms with Crippen LogP contribution in [0.15, 0.2) is 84.9 Å². The van der Waals surface area contributed by atoms with Crippen LogP contribution in [0.1, 0.15) is 58.1 Å². The number of fused-ring (bicyclic) bond motifs is 2. The summed E-state index contributed by atoms with van der Waals surface area (Å²) in [7, 11) is 0.937. The van der Waals surface area contributed by atoms with Gasteiger partial charge in [-0.15, -0.1) is 0 Å². The molecular weight excluding hydrogens is 618 g/mol. The monoisotopic (exact) mass is 638 g/mol. The van der Waals surface area contributed by atoms with E-state index in [2.05, 4.69) is 0 Å². The third-order valence-electron chi connectivity index (χ3n) is 8.04. The molecule has 2 heterocycles. The van der Waals surface area contributed by atoms with Gasteiger partial charge in [0.1, 0.15) is 11.5 Å². The second kappa shape index (κ2) is 10.3. The Kier molecular flexibility index (Phi) is 6.84. The first-order valence-corrected chi connectivity index (χ1v) is 13.5. The zero-order valence-electron chi connectivity index (χ0n) is 23.8. The molecule has 0 unspecified atom stereocenters. The molecular formula is C33H20F6N2O5. The van der Waals surface area contributed by atoms with Crippen LogP contribution in [0.25, 0.3) is 0 Å². The third-order valence-corrected chi connectivity index (χ3v) is 8.04. The van der Waals surface area contributed by atoms with Gasteiger partial charge in [-0.25, -0.2) is 4.90 Å². The molecule has 4 aromatic rings. The quantitative estimate of drug-likeness (QED) is 0.170. The smallest absolute Gasteiger partial charge is 0.411 e. The average molecular weight is 639 g/mol. The molecule has 234 valence electrons. The molecule has 7 nitrogen and oxygen atoms in total. The number of carbonyl (C=O) groups excluding carboxylic acids is 4. The van der Waals surface area contributed by atoms with Crippen LogP contribution in [0.2, 0.25) is 0 Å². The minimum atomic E-state index is -6.13. The Balaban J connectivity index is 1.44. The number of hydrogen-bond acceptors (Lipinski definition) is 5. The summed E-state index contributed by atoms with van der Waals surface area (Å²) in [6.45, 7) is 1.89. The number of amides is 4. The highest BCUT2D eigenvalue weighted by Gasteiger charge is 2.74. The van der Waals surface area contributed by atoms with Gasteiger partial charge >= 0.3 is 12.4 Å². The zero-order chi connectivity index (χ0) is 33.3. The molecule has 2 aliphatic rings. The summed E-state index contributed by atoms with van der Waals surface area (Å²) in [5.41, 5.74) is -9.64. The number of aryl methyl sites for hydroxylation is 1. The summed E-state index contributed by atoms with van der Waals surface area (Å²) in [5.74, 6) is -3.70. The fraction of sp³-hybridized carbons (Fsp3) is 0.152. The van der Waals surface area contributed by atoms with Crippen molar-refractivity contribution in [2.24, 2.45) is 0 Å². The predicted molar refractivity (Wildman–Crippen MR) is 151 cm³/mol. The van der Waals surface area contributed by atoms with E-state index in [4.69, 9.17) is 4.74 Å². The Morgan fingerprint density at radius 1 is 0.609 bits per heavy atom. The van der Waals surface area contributed by atoms with Crippen molar-refractivity contribution >= 4 is 29.3 Å². The number of imide groups is 2. The number of nitrogens with zero attached hydrogens (tertiary/aromatic N) is 2. The number of alkyl halides is 6. The van der Waals surface area contributed by atoms with E-state index in [9.17, 15) is 19.2 Å². The van der Waals surface area contributed by atoms with Crippen molar-refractivity contribution in [2.75, 3.05) is 11.9 Å². The lowest BCUT2D eigenvalue weighted by molar-refractivity contribution is -0.288. The summed E-state index contributed by atoms with van der Waals surface area (Å²) >= 11 is 0. The minimum Gasteiger partial charge on any atom is -0.457 e. The van der Waals surface area contributed by atoms with E-state index in [1.54, 1.807) is 12.1 Å². The molecule has 0 saturated carbocycles. The molecule has 0 aromatic heterocycles. The highest BCUT2D eigenvalue weighted by molar-refractivity contribution is 6.34. The molecule has 46 heavy (non-hydrogen) atoms. The molecule has 13 heteroatoms. The first kappa shape index (κ1) is 30.6. The van der Waals surface area contributed by atoms with Crippen LogP contribution in [-0.2, 0) is 5.41 Å². The van der Waals surface area contributed by atoms with E-state index >= 15 is 26.3 Å². The predicted octanol–water partition coefficient (Wildman–Crippen LogP) is 7.22. The van der Waals surface area contributed by atoms with Crippen molar-refractivity contribution in [3.05, 3.63) is 124 Å². The molecule has 6 rings (SSSR count). The fourth-order valence-electron chi connectivity index (χ4n) is 5.78. The Bertz CT molecular complexity index is 1940. The normalized spacial score (nSPS) is 15.0. The van der Waals surface area contributed by atoms with Gasteiger partial charge in [-0.3, -0.25) is 24.1 Å². The molecule has 2 aliphatic heterocycles. The SMILES string of the molecule is Cc1ccc(Oc2ccc(N3C(=O)c4ccc(C(c5cccc6c5C(=O)N(C)C6=O)(C(F)(F)F)C(F)(F)F)cc4C3=O)cc2)cc1. The Morgan fingerprint density at radius 2 is 1.17 bits per heavy atom. The Labute approximate surface area is 256 Å². The van der Waals surface area contributed by atoms with Gasteiger partial charge in [-0.2, -0.15) is 26.3 Å². The molecule has 0 radical (unpaired) electrons. The molecule has 0 bridgehead atoms. The van der Waals surface area contributed by atoms with Gasteiger partial charge in [0, 0.05) is 7.05 Å². The van der Waals surface area contributed by atoms with Crippen LogP contribution >= 0.6 is 0 Å². The fourth-order valence-corrected chi connectivity index (χ4v) is 5.78. The van der Waals surface area contributed by atoms with Crippen molar-refractivity contribution in [3.8, 4) is 11.5 Å². The summed E-state index contributed by atoms with van der Waals surface area (Å²) < 4.78 is 95.8. The maximum absolute atomic E-state index is 15.0. The third kappa shape index (κ3) is 4.37. The standard InChI is InChI=1S/C33H20F6N2O5/c1-17-6-11-20(12-7-17)46-21-13-9-19(10-14-21)41-28(43)22-15-8-18(16-24(22)29(41)44)31(32(34,35)36,33(37,38)39)25-5-3-4-23-26(25)30(45)40(2)27(23)42/h3-16H,1-2H3. The van der Waals surface area contributed by atoms with Crippen LogP contribution < -0.4 is 9.64 Å². The second-order valence-corrected chi connectivity index (χ2v) is 10.8. The van der Waals surface area contributed by atoms with E-state index in [0.717, 1.165) is 24.7 Å². The first-order chi connectivity index (χ1) is 21.6. The molecule has 0 fully saturated rings. The van der Waals surface area contributed by atoms with Crippen molar-refractivity contribution in [1.29, 1.82) is 0 Å². The van der Waals surface area contributed by atoms with Gasteiger partial charge in [0.25, 0.3) is 23.6 Å². The summed E-state index contributed by atoms with van der Waals surface area (Å²) in [5, 5.41) is 0. The highest BCUT2D eigenvalue weighted by Crippen LogP contribution is 2.58. The van der Waals surface area contributed by atoms with E-state index < -0.39 is 74.8 Å². The number of carbonyl (C=O) groups is 4. The molecule has 0 saturated heterocycles. The maximum atomic E-state index is 15.0. The number of rotatable bonds is 5. The number of anilines is 1. The van der Waals surface area contributed by atoms with Crippen molar-refractivity contribution in [1.82, 2.24) is 4.90 Å². The van der Waals surface area contributed by atoms with Crippen molar-refractivity contribution < 1.29 is 50.3 Å². The summed E-state index contributed by atoms with van der Waals surface area (Å²) in [6.07, 6.45) is -12.3. The first-order valence-electron chi connectivity index (χ1n) is 13.5. The molecule has 0 spiro atoms. The van der Waals surface area contributed by atoms with Crippen LogP contribution in [0.3, 0.4) is 0 Å². The Hall–Kier alpha value is -5.46. The topological polar surface area (TPSA) is 84.0 Å². The van der Waals surface area contributed by atoms with Crippen LogP contribution in [0.5, 0.6) is 11.5 Å². The summed E-state index contributed by atoms with van der Waals surface area (Å²) in [4.78, 5) is 53.1. The highest BCUT2D eigenvalue weighted by atomic mass is 19.4. The van der Waals surface area contributed by atoms with Gasteiger partial charge in [0.2, 0.25) is 5.41 Å². The number of hydrogen-bond donors (Lipinski definition) is 0. The Morgan fingerprint density at radius 3 is 1.76 bits per heavy atom. The minimum absolute atomic E-state index is 0.00469. The van der Waals surface area contributed by atoms with Crippen molar-refractivity contribution in [3.63, 3.8) is 0 Å². The van der Waals surface area contributed by atoms with Crippen LogP contribution in [-0.4, -0.2) is 47.9 Å². The zero-order valence-corrected chi connectivity index (χ0v) is 23.8. The molecule has 0 aliphatic carbocycles. The molecule has 4 amide bonds. The largest absolute Gasteiger partial charge is 0.457 e. The second-order valence-electron chi connectivity index (χ2n) is 10.8. The molecule has 0 N–H and O–H groups in total. The van der Waals surface area contributed by atoms with Gasteiger partial charge in [-0.1, -0.05) is 35.9 Å². The lowest BCUT2D eigenvalue weighted by Crippen LogP contribution is -2.55. The average Bonchev–Trinajstić information content (AvgIpc) is 3.37. The van der Waals surface area contributed by atoms with Gasteiger partial charge in [0.15, 0.2) is 0 Å². The number of ether oxygens (including phenoxy) is 1. The van der Waals surface area contributed by atoms with E-state index in [-0.39, 0.29) is 5.69 Å². The number of halogens is 6. The van der Waals surface area contributed by atoms with E-state index in [0.29, 0.717) is 45.6 Å². The van der Waals surface area contributed by atoms with Gasteiger partial charge in [-0.05, 0) is 72.6 Å². The maximum Gasteiger partial charge on any atom is 0.411 e. The van der Waals surface area contributed by atoms with E-state index in [1.807, 2.05) is 19.1 Å². The molecule has 0 atom stereocenters. The van der Waals surface area contributed by atoms with Crippen molar-refractivity contribution in [2.45, 2.75) is 24.7 Å². The lowest BCUT2D eigenvalue weighted by Gasteiger charge is -2.39. The van der Waals surface area contributed by atoms with Crippen LogP contribution in [0, 0.1) is 6.92 Å². The van der Waals surface area contributed by atoms with Gasteiger partial charge < -0.3 is 4.74 Å². The van der Waals surface area contributed by atoms with Gasteiger partial charge in [0.05, 0.1) is 27.9 Å². The van der Waals surface area contributed by atoms with E-state index in [1.165, 1.54) is 24.3 Å². The van der Waals surface area contributed by atoms with Crippen LogP contribution in [0.4, 0.5) is 32.0 Å². The molecule has 4 aromatic carbocycles. The summed E-state index contributed by atoms with van der Waals surface area (Å²) in [6, 6.07) is 16.5.